The second-order valence-corrected chi connectivity index (χ2v) is 3.07. The third-order valence-corrected chi connectivity index (χ3v) is 0.413. The standard InChI is InChI=1S/C4H10.C3H10N2O.CH2O.CH4.2H2O/c1-4(2)3;1-3(4)2-5-6;1-2;;;/h4H,1-3H3;3,5-6H,2,4H2,1H3;1H2;1H4;2*1H2. The summed E-state index contributed by atoms with van der Waals surface area (Å²) >= 11 is 0. The van der Waals surface area contributed by atoms with Crippen molar-refractivity contribution in [2.45, 2.75) is 41.2 Å². The number of carbonyl (C=O) groups is 1. The zero-order chi connectivity index (χ0) is 10.6. The second-order valence-electron chi connectivity index (χ2n) is 3.07. The Hall–Kier alpha value is -0.530. The fraction of sp³-hybridized carbons (Fsp3) is 0.889. The summed E-state index contributed by atoms with van der Waals surface area (Å²) in [7, 11) is 0. The van der Waals surface area contributed by atoms with Crippen molar-refractivity contribution in [3.8, 4) is 0 Å². The van der Waals surface area contributed by atoms with Crippen LogP contribution in [0.15, 0.2) is 0 Å². The first-order chi connectivity index (χ1) is 5.50. The number of hydrogen-bond acceptors (Lipinski definition) is 4. The van der Waals surface area contributed by atoms with Crippen LogP contribution in [-0.4, -0.2) is 35.5 Å². The summed E-state index contributed by atoms with van der Waals surface area (Å²) in [6.45, 7) is 10.8. The molecule has 0 aromatic carbocycles. The topological polar surface area (TPSA) is 138 Å². The molecule has 1 atom stereocenters. The van der Waals surface area contributed by atoms with Crippen LogP contribution in [0.2, 0.25) is 0 Å². The molecule has 0 amide bonds. The van der Waals surface area contributed by atoms with Crippen molar-refractivity contribution in [1.29, 1.82) is 0 Å². The Morgan fingerprint density at radius 2 is 1.40 bits per heavy atom. The van der Waals surface area contributed by atoms with E-state index < -0.39 is 0 Å². The summed E-state index contributed by atoms with van der Waals surface area (Å²) in [5.41, 5.74) is 7.12. The molecule has 15 heavy (non-hydrogen) atoms. The Bertz CT molecular complexity index is 70.4. The van der Waals surface area contributed by atoms with Crippen LogP contribution < -0.4 is 11.2 Å². The zero-order valence-electron chi connectivity index (χ0n) is 9.50. The van der Waals surface area contributed by atoms with Crippen molar-refractivity contribution in [2.24, 2.45) is 11.7 Å². The lowest BCUT2D eigenvalue weighted by molar-refractivity contribution is -0.0979. The molecule has 1 unspecified atom stereocenters. The molecule has 0 radical (unpaired) electrons. The molecule has 100 valence electrons. The molecule has 6 heteroatoms. The van der Waals surface area contributed by atoms with Gasteiger partial charge >= 0.3 is 0 Å². The molecule has 0 bridgehead atoms. The lowest BCUT2D eigenvalue weighted by atomic mass is 10.3. The Morgan fingerprint density at radius 3 is 1.40 bits per heavy atom. The first kappa shape index (κ1) is 36.6. The molecule has 0 aliphatic carbocycles. The van der Waals surface area contributed by atoms with Gasteiger partial charge in [0.25, 0.3) is 0 Å². The highest BCUT2D eigenvalue weighted by molar-refractivity contribution is 5.10. The van der Waals surface area contributed by atoms with Crippen molar-refractivity contribution in [1.82, 2.24) is 5.48 Å². The molecule has 0 aliphatic rings. The molecule has 0 spiro atoms. The van der Waals surface area contributed by atoms with Gasteiger partial charge in [0.05, 0.1) is 0 Å². The van der Waals surface area contributed by atoms with E-state index >= 15 is 0 Å². The van der Waals surface area contributed by atoms with E-state index in [1.54, 1.807) is 0 Å². The fourth-order valence-corrected chi connectivity index (χ4v) is 0.144. The van der Waals surface area contributed by atoms with Gasteiger partial charge in [-0.05, 0) is 12.8 Å². The van der Waals surface area contributed by atoms with Crippen LogP contribution in [0.3, 0.4) is 0 Å². The summed E-state index contributed by atoms with van der Waals surface area (Å²) in [4.78, 5) is 8.00. The number of carbonyl (C=O) groups excluding carboxylic acids is 1. The Kier molecular flexibility index (Phi) is 91.6. The first-order valence-corrected chi connectivity index (χ1v) is 3.92. The van der Waals surface area contributed by atoms with Gasteiger partial charge in [-0.15, -0.1) is 0 Å². The molecular weight excluding hydrogens is 200 g/mol. The smallest absolute Gasteiger partial charge is 0.106 e. The predicted molar refractivity (Wildman–Crippen MR) is 65.0 cm³/mol. The minimum absolute atomic E-state index is 0. The van der Waals surface area contributed by atoms with Gasteiger partial charge in [-0.3, -0.25) is 0 Å². The van der Waals surface area contributed by atoms with E-state index in [1.165, 1.54) is 0 Å². The van der Waals surface area contributed by atoms with Crippen LogP contribution in [0.1, 0.15) is 35.1 Å². The van der Waals surface area contributed by atoms with Gasteiger partial charge in [0, 0.05) is 12.6 Å². The van der Waals surface area contributed by atoms with E-state index in [4.69, 9.17) is 15.7 Å². The van der Waals surface area contributed by atoms with E-state index in [0.29, 0.717) is 6.54 Å². The third-order valence-electron chi connectivity index (χ3n) is 0.413. The van der Waals surface area contributed by atoms with Gasteiger partial charge < -0.3 is 26.7 Å². The van der Waals surface area contributed by atoms with Gasteiger partial charge in [-0.25, -0.2) is 5.48 Å². The van der Waals surface area contributed by atoms with Gasteiger partial charge in [-0.1, -0.05) is 28.2 Å². The quantitative estimate of drug-likeness (QED) is 0.564. The van der Waals surface area contributed by atoms with Crippen molar-refractivity contribution >= 4 is 6.79 Å². The summed E-state index contributed by atoms with van der Waals surface area (Å²) < 4.78 is 0. The van der Waals surface area contributed by atoms with Gasteiger partial charge in [0.15, 0.2) is 0 Å². The largest absolute Gasteiger partial charge is 0.412 e. The molecule has 0 aromatic rings. The summed E-state index contributed by atoms with van der Waals surface area (Å²) in [6.07, 6.45) is 0. The van der Waals surface area contributed by atoms with Crippen LogP contribution in [0.5, 0.6) is 0 Å². The van der Waals surface area contributed by atoms with Crippen LogP contribution in [0.4, 0.5) is 0 Å². The predicted octanol–water partition coefficient (Wildman–Crippen LogP) is -0.223. The van der Waals surface area contributed by atoms with Gasteiger partial charge in [-0.2, -0.15) is 0 Å². The monoisotopic (exact) mass is 230 g/mol. The normalized spacial score (nSPS) is 8.47. The highest BCUT2D eigenvalue weighted by Crippen LogP contribution is 1.81. The maximum atomic E-state index is 8.00. The maximum absolute atomic E-state index is 8.00. The number of nitrogens with one attached hydrogen (secondary N) is 1. The van der Waals surface area contributed by atoms with Crippen LogP contribution in [-0.2, 0) is 4.79 Å². The minimum atomic E-state index is 0. The highest BCUT2D eigenvalue weighted by atomic mass is 16.5. The van der Waals surface area contributed by atoms with Gasteiger partial charge in [0.1, 0.15) is 6.79 Å². The summed E-state index contributed by atoms with van der Waals surface area (Å²) in [6, 6.07) is 0.0370. The van der Waals surface area contributed by atoms with E-state index in [1.807, 2.05) is 19.2 Å². The Labute approximate surface area is 93.4 Å². The number of nitrogens with two attached hydrogens (primary N) is 1. The SMILES string of the molecule is C.C=O.CC(C)C.CC(N)CNO.O.O. The molecule has 0 rings (SSSR count). The average Bonchev–Trinajstić information content (AvgIpc) is 1.90. The first-order valence-electron chi connectivity index (χ1n) is 3.92. The summed E-state index contributed by atoms with van der Waals surface area (Å²) in [5.74, 6) is 0.833. The second kappa shape index (κ2) is 37.5. The lowest BCUT2D eigenvalue weighted by Gasteiger charge is -1.97. The highest BCUT2D eigenvalue weighted by Gasteiger charge is 1.85. The lowest BCUT2D eigenvalue weighted by Crippen LogP contribution is -2.28. The summed E-state index contributed by atoms with van der Waals surface area (Å²) in [5, 5.41) is 7.91. The molecular formula is C9H30N2O4. The molecule has 6 nitrogen and oxygen atoms in total. The van der Waals surface area contributed by atoms with E-state index in [0.717, 1.165) is 5.92 Å². The number of hydrogen-bond donors (Lipinski definition) is 3. The fourth-order valence-electron chi connectivity index (χ4n) is 0.144. The van der Waals surface area contributed by atoms with Crippen molar-refractivity contribution in [2.75, 3.05) is 6.54 Å². The zero-order valence-corrected chi connectivity index (χ0v) is 9.50. The van der Waals surface area contributed by atoms with Crippen LogP contribution in [0, 0.1) is 5.92 Å². The third kappa shape index (κ3) is 290. The maximum Gasteiger partial charge on any atom is 0.106 e. The van der Waals surface area contributed by atoms with Crippen LogP contribution in [0.25, 0.3) is 0 Å². The molecule has 0 saturated heterocycles. The number of hydroxylamine groups is 1. The van der Waals surface area contributed by atoms with Crippen molar-refractivity contribution < 1.29 is 21.0 Å². The molecule has 0 aromatic heterocycles. The van der Waals surface area contributed by atoms with Crippen molar-refractivity contribution in [3.63, 3.8) is 0 Å². The molecule has 0 fully saturated rings. The van der Waals surface area contributed by atoms with E-state index in [2.05, 4.69) is 20.8 Å². The van der Waals surface area contributed by atoms with E-state index in [9.17, 15) is 0 Å². The molecule has 0 heterocycles. The molecule has 0 aliphatic heterocycles. The minimum Gasteiger partial charge on any atom is -0.412 e. The van der Waals surface area contributed by atoms with Crippen molar-refractivity contribution in [3.05, 3.63) is 0 Å². The molecule has 8 N–H and O–H groups in total. The van der Waals surface area contributed by atoms with Gasteiger partial charge in [0.2, 0.25) is 0 Å². The van der Waals surface area contributed by atoms with Crippen LogP contribution >= 0.6 is 0 Å². The Morgan fingerprint density at radius 1 is 1.20 bits per heavy atom. The average molecular weight is 230 g/mol. The Balaban J connectivity index is -0.0000000204. The van der Waals surface area contributed by atoms with E-state index in [-0.39, 0.29) is 24.4 Å². The molecule has 0 saturated carbocycles. The number of rotatable bonds is 2.